The SMILES string of the molecule is CCc1ccc2[nH]c(=O)c(C(c3nnnn3Cc3ccccc3)N(CC)CC)cc2c1. The van der Waals surface area contributed by atoms with Gasteiger partial charge in [0.1, 0.15) is 6.04 Å². The van der Waals surface area contributed by atoms with Gasteiger partial charge in [-0.1, -0.05) is 57.2 Å². The van der Waals surface area contributed by atoms with Gasteiger partial charge in [0.05, 0.1) is 6.54 Å². The number of aryl methyl sites for hydroxylation is 1. The Morgan fingerprint density at radius 3 is 2.48 bits per heavy atom. The first-order valence-corrected chi connectivity index (χ1v) is 10.8. The van der Waals surface area contributed by atoms with Crippen molar-refractivity contribution in [3.05, 3.63) is 87.5 Å². The number of rotatable bonds is 8. The molecule has 0 fully saturated rings. The van der Waals surface area contributed by atoms with E-state index in [9.17, 15) is 4.79 Å². The van der Waals surface area contributed by atoms with Crippen LogP contribution in [0.25, 0.3) is 10.9 Å². The zero-order valence-corrected chi connectivity index (χ0v) is 18.2. The smallest absolute Gasteiger partial charge is 0.253 e. The van der Waals surface area contributed by atoms with E-state index < -0.39 is 0 Å². The predicted molar refractivity (Wildman–Crippen MR) is 122 cm³/mol. The van der Waals surface area contributed by atoms with E-state index >= 15 is 0 Å². The van der Waals surface area contributed by atoms with Gasteiger partial charge in [-0.15, -0.1) is 5.10 Å². The minimum Gasteiger partial charge on any atom is -0.322 e. The minimum absolute atomic E-state index is 0.108. The summed E-state index contributed by atoms with van der Waals surface area (Å²) < 4.78 is 1.80. The molecule has 0 aliphatic carbocycles. The second kappa shape index (κ2) is 9.22. The van der Waals surface area contributed by atoms with Crippen LogP contribution in [0.1, 0.15) is 49.3 Å². The van der Waals surface area contributed by atoms with Crippen LogP contribution in [-0.4, -0.2) is 43.2 Å². The van der Waals surface area contributed by atoms with Crippen LogP contribution in [0.3, 0.4) is 0 Å². The first kappa shape index (κ1) is 20.9. The molecule has 1 atom stereocenters. The summed E-state index contributed by atoms with van der Waals surface area (Å²) in [5.74, 6) is 0.670. The van der Waals surface area contributed by atoms with E-state index in [4.69, 9.17) is 0 Å². The number of benzene rings is 2. The van der Waals surface area contributed by atoms with Gasteiger partial charge in [-0.2, -0.15) is 0 Å². The van der Waals surface area contributed by atoms with Gasteiger partial charge in [0.15, 0.2) is 5.82 Å². The van der Waals surface area contributed by atoms with Crippen molar-refractivity contribution in [2.45, 2.75) is 39.8 Å². The largest absolute Gasteiger partial charge is 0.322 e. The molecule has 2 aromatic carbocycles. The number of nitrogens with one attached hydrogen (secondary N) is 1. The molecular weight excluding hydrogens is 388 g/mol. The molecule has 0 spiro atoms. The Hall–Kier alpha value is -3.32. The Kier molecular flexibility index (Phi) is 6.23. The van der Waals surface area contributed by atoms with Gasteiger partial charge >= 0.3 is 0 Å². The van der Waals surface area contributed by atoms with Crippen molar-refractivity contribution < 1.29 is 0 Å². The van der Waals surface area contributed by atoms with Gasteiger partial charge in [-0.05, 0) is 64.6 Å². The average molecular weight is 417 g/mol. The molecule has 0 bridgehead atoms. The first-order chi connectivity index (χ1) is 15.1. The lowest BCUT2D eigenvalue weighted by molar-refractivity contribution is 0.235. The third-order valence-electron chi connectivity index (χ3n) is 5.80. The maximum atomic E-state index is 13.2. The second-order valence-electron chi connectivity index (χ2n) is 7.63. The van der Waals surface area contributed by atoms with Crippen molar-refractivity contribution in [1.82, 2.24) is 30.1 Å². The van der Waals surface area contributed by atoms with Crippen LogP contribution in [0.5, 0.6) is 0 Å². The number of hydrogen-bond acceptors (Lipinski definition) is 5. The molecule has 0 saturated carbocycles. The van der Waals surface area contributed by atoms with Crippen LogP contribution >= 0.6 is 0 Å². The molecule has 1 unspecified atom stereocenters. The summed E-state index contributed by atoms with van der Waals surface area (Å²) in [6.45, 7) is 8.40. The highest BCUT2D eigenvalue weighted by Crippen LogP contribution is 2.27. The van der Waals surface area contributed by atoms with Gasteiger partial charge in [0.2, 0.25) is 0 Å². The Labute approximate surface area is 181 Å². The van der Waals surface area contributed by atoms with Crippen LogP contribution < -0.4 is 5.56 Å². The van der Waals surface area contributed by atoms with Crippen molar-refractivity contribution in [3.63, 3.8) is 0 Å². The lowest BCUT2D eigenvalue weighted by atomic mass is 10.0. The molecule has 1 N–H and O–H groups in total. The highest BCUT2D eigenvalue weighted by molar-refractivity contribution is 5.80. The third-order valence-corrected chi connectivity index (χ3v) is 5.80. The van der Waals surface area contributed by atoms with E-state index in [0.29, 0.717) is 17.9 Å². The van der Waals surface area contributed by atoms with E-state index in [2.05, 4.69) is 58.3 Å². The van der Waals surface area contributed by atoms with Gasteiger partial charge in [0, 0.05) is 11.1 Å². The minimum atomic E-state index is -0.341. The molecule has 7 heteroatoms. The van der Waals surface area contributed by atoms with Crippen molar-refractivity contribution >= 4 is 10.9 Å². The average Bonchev–Trinajstić information content (AvgIpc) is 3.25. The zero-order chi connectivity index (χ0) is 21.8. The van der Waals surface area contributed by atoms with Gasteiger partial charge in [-0.3, -0.25) is 9.69 Å². The zero-order valence-electron chi connectivity index (χ0n) is 18.2. The summed E-state index contributed by atoms with van der Waals surface area (Å²) >= 11 is 0. The van der Waals surface area contributed by atoms with Crippen LogP contribution in [0.4, 0.5) is 0 Å². The number of pyridine rings is 1. The Balaban J connectivity index is 1.85. The summed E-state index contributed by atoms with van der Waals surface area (Å²) in [5.41, 5.74) is 3.73. The molecule has 4 rings (SSSR count). The lowest BCUT2D eigenvalue weighted by Gasteiger charge is -2.28. The summed E-state index contributed by atoms with van der Waals surface area (Å²) in [6, 6.07) is 17.9. The number of aromatic nitrogens is 5. The predicted octanol–water partition coefficient (Wildman–Crippen LogP) is 3.56. The molecule has 7 nitrogen and oxygen atoms in total. The van der Waals surface area contributed by atoms with Crippen LogP contribution in [-0.2, 0) is 13.0 Å². The fourth-order valence-electron chi connectivity index (χ4n) is 4.06. The quantitative estimate of drug-likeness (QED) is 0.475. The number of aromatic amines is 1. The third kappa shape index (κ3) is 4.27. The van der Waals surface area contributed by atoms with E-state index in [0.717, 1.165) is 36.0 Å². The second-order valence-corrected chi connectivity index (χ2v) is 7.63. The van der Waals surface area contributed by atoms with Crippen LogP contribution in [0.15, 0.2) is 59.4 Å². The fourth-order valence-corrected chi connectivity index (χ4v) is 4.06. The molecule has 0 amide bonds. The van der Waals surface area contributed by atoms with E-state index in [1.807, 2.05) is 42.5 Å². The highest BCUT2D eigenvalue weighted by atomic mass is 16.1. The number of nitrogens with zero attached hydrogens (tertiary/aromatic N) is 5. The molecule has 0 aliphatic heterocycles. The number of H-pyrrole nitrogens is 1. The summed E-state index contributed by atoms with van der Waals surface area (Å²) in [6.07, 6.45) is 0.944. The molecule has 2 aromatic heterocycles. The first-order valence-electron chi connectivity index (χ1n) is 10.8. The van der Waals surface area contributed by atoms with Crippen molar-refractivity contribution in [2.24, 2.45) is 0 Å². The monoisotopic (exact) mass is 416 g/mol. The summed E-state index contributed by atoms with van der Waals surface area (Å²) in [4.78, 5) is 18.4. The number of fused-ring (bicyclic) bond motifs is 1. The van der Waals surface area contributed by atoms with Gasteiger partial charge < -0.3 is 4.98 Å². The van der Waals surface area contributed by atoms with Gasteiger partial charge in [-0.25, -0.2) is 4.68 Å². The molecular formula is C24H28N6O. The highest BCUT2D eigenvalue weighted by Gasteiger charge is 2.29. The fraction of sp³-hybridized carbons (Fsp3) is 0.333. The molecule has 31 heavy (non-hydrogen) atoms. The summed E-state index contributed by atoms with van der Waals surface area (Å²) in [7, 11) is 0. The van der Waals surface area contributed by atoms with Crippen LogP contribution in [0.2, 0.25) is 0 Å². The molecule has 0 aliphatic rings. The van der Waals surface area contributed by atoms with Gasteiger partial charge in [0.25, 0.3) is 5.56 Å². The number of hydrogen-bond donors (Lipinski definition) is 1. The Morgan fingerprint density at radius 2 is 1.77 bits per heavy atom. The van der Waals surface area contributed by atoms with Crippen molar-refractivity contribution in [1.29, 1.82) is 0 Å². The normalized spacial score (nSPS) is 12.5. The summed E-state index contributed by atoms with van der Waals surface area (Å²) in [5, 5.41) is 13.6. The Morgan fingerprint density at radius 1 is 1.00 bits per heavy atom. The molecule has 4 aromatic rings. The molecule has 0 radical (unpaired) electrons. The topological polar surface area (TPSA) is 79.7 Å². The number of tetrazole rings is 1. The van der Waals surface area contributed by atoms with Crippen molar-refractivity contribution in [2.75, 3.05) is 13.1 Å². The molecule has 160 valence electrons. The van der Waals surface area contributed by atoms with E-state index in [1.165, 1.54) is 5.56 Å². The maximum absolute atomic E-state index is 13.2. The van der Waals surface area contributed by atoms with Crippen molar-refractivity contribution in [3.8, 4) is 0 Å². The maximum Gasteiger partial charge on any atom is 0.253 e. The molecule has 2 heterocycles. The standard InChI is InChI=1S/C24H28N6O/c1-4-17-12-13-21-19(14-17)15-20(24(31)25-21)22(29(5-2)6-3)23-26-27-28-30(23)16-18-10-8-7-9-11-18/h7-15,22H,4-6,16H2,1-3H3,(H,25,31). The van der Waals surface area contributed by atoms with E-state index in [1.54, 1.807) is 4.68 Å². The van der Waals surface area contributed by atoms with E-state index in [-0.39, 0.29) is 11.6 Å². The lowest BCUT2D eigenvalue weighted by Crippen LogP contribution is -2.35. The van der Waals surface area contributed by atoms with Crippen LogP contribution in [0, 0.1) is 0 Å². The Bertz CT molecular complexity index is 1210. The molecule has 0 saturated heterocycles.